The molecule has 0 saturated heterocycles. The van der Waals surface area contributed by atoms with Gasteiger partial charge in [-0.25, -0.2) is 4.79 Å². The molecule has 7 heteroatoms. The summed E-state index contributed by atoms with van der Waals surface area (Å²) < 4.78 is 14.0. The lowest BCUT2D eigenvalue weighted by atomic mass is 10.1. The lowest BCUT2D eigenvalue weighted by molar-refractivity contribution is 0.0470. The van der Waals surface area contributed by atoms with Gasteiger partial charge in [-0.1, -0.05) is 58.4 Å². The maximum Gasteiger partial charge on any atom is 0.342 e. The van der Waals surface area contributed by atoms with Gasteiger partial charge in [0.05, 0.1) is 12.5 Å². The molecule has 0 fully saturated rings. The number of nitrogens with zero attached hydrogens (tertiary/aromatic N) is 2. The number of carbonyl (C=O) groups is 2. The topological polar surface area (TPSA) is 81.3 Å². The summed E-state index contributed by atoms with van der Waals surface area (Å²) in [4.78, 5) is 25.7. The van der Waals surface area contributed by atoms with Gasteiger partial charge in [0, 0.05) is 33.7 Å². The summed E-state index contributed by atoms with van der Waals surface area (Å²) in [5, 5.41) is 9.67. The molecule has 0 aliphatic carbocycles. The third kappa shape index (κ3) is 5.36. The first-order valence-corrected chi connectivity index (χ1v) is 11.5. The maximum absolute atomic E-state index is 12.9. The third-order valence-electron chi connectivity index (χ3n) is 5.28. The van der Waals surface area contributed by atoms with Gasteiger partial charge >= 0.3 is 5.97 Å². The Labute approximate surface area is 205 Å². The second kappa shape index (κ2) is 10.8. The van der Waals surface area contributed by atoms with Gasteiger partial charge in [-0.3, -0.25) is 4.79 Å². The van der Waals surface area contributed by atoms with Gasteiger partial charge in [0.2, 0.25) is 5.78 Å². The highest BCUT2D eigenvalue weighted by Gasteiger charge is 2.19. The lowest BCUT2D eigenvalue weighted by Gasteiger charge is -2.11. The van der Waals surface area contributed by atoms with Gasteiger partial charge in [0.15, 0.2) is 6.61 Å². The van der Waals surface area contributed by atoms with E-state index in [-0.39, 0.29) is 18.0 Å². The number of hydrogen-bond donors (Lipinski definition) is 0. The number of rotatable bonds is 9. The minimum Gasteiger partial charge on any atom is -0.488 e. The quantitative estimate of drug-likeness (QED) is 0.203. The number of carbonyl (C=O) groups excluding carboxylic acids is 2. The van der Waals surface area contributed by atoms with Crippen molar-refractivity contribution in [1.29, 1.82) is 5.26 Å². The van der Waals surface area contributed by atoms with Crippen molar-refractivity contribution in [2.75, 3.05) is 6.61 Å². The molecule has 0 atom stereocenters. The molecule has 170 valence electrons. The summed E-state index contributed by atoms with van der Waals surface area (Å²) in [6.07, 6.45) is 2.05. The predicted molar refractivity (Wildman–Crippen MR) is 132 cm³/mol. The summed E-state index contributed by atoms with van der Waals surface area (Å²) in [6.45, 7) is 0.364. The number of Topliss-reactive ketones (excluding diaryl/α,β-unsaturated/α-hetero) is 1. The van der Waals surface area contributed by atoms with Crippen molar-refractivity contribution in [2.45, 2.75) is 19.6 Å². The molecule has 4 rings (SSSR count). The molecule has 3 aromatic carbocycles. The van der Waals surface area contributed by atoms with Crippen LogP contribution in [0.25, 0.3) is 10.9 Å². The van der Waals surface area contributed by atoms with Crippen molar-refractivity contribution in [2.24, 2.45) is 0 Å². The van der Waals surface area contributed by atoms with E-state index in [1.807, 2.05) is 53.1 Å². The zero-order valence-corrected chi connectivity index (χ0v) is 19.8. The van der Waals surface area contributed by atoms with Gasteiger partial charge in [0.1, 0.15) is 17.9 Å². The van der Waals surface area contributed by atoms with Crippen LogP contribution in [-0.2, 0) is 17.9 Å². The van der Waals surface area contributed by atoms with E-state index < -0.39 is 12.6 Å². The van der Waals surface area contributed by atoms with Crippen LogP contribution in [0, 0.1) is 11.3 Å². The fraction of sp³-hybridized carbons (Fsp3) is 0.148. The molecular weight excluding hydrogens is 496 g/mol. The van der Waals surface area contributed by atoms with Gasteiger partial charge in [-0.15, -0.1) is 0 Å². The molecule has 0 aliphatic rings. The molecule has 0 spiro atoms. The number of ketones is 1. The molecule has 0 aliphatic heterocycles. The summed E-state index contributed by atoms with van der Waals surface area (Å²) in [6, 6.07) is 24.1. The molecule has 4 aromatic rings. The number of fused-ring (bicyclic) bond motifs is 1. The smallest absolute Gasteiger partial charge is 0.342 e. The van der Waals surface area contributed by atoms with Crippen LogP contribution in [-0.4, -0.2) is 22.9 Å². The van der Waals surface area contributed by atoms with Crippen LogP contribution in [0.5, 0.6) is 5.75 Å². The Morgan fingerprint density at radius 2 is 1.76 bits per heavy atom. The molecule has 6 nitrogen and oxygen atoms in total. The zero-order chi connectivity index (χ0) is 23.9. The average molecular weight is 517 g/mol. The van der Waals surface area contributed by atoms with Crippen LogP contribution in [0.4, 0.5) is 0 Å². The standard InChI is InChI=1S/C27H21BrN2O4/c28-20-8-5-7-19(15-20)17-33-26-12-4-2-10-22(26)27(32)34-18-25(31)23-16-30(14-6-13-29)24-11-3-1-9-21(23)24/h1-5,7-12,15-16H,6,14,17-18H2. The van der Waals surface area contributed by atoms with Crippen molar-refractivity contribution in [1.82, 2.24) is 4.57 Å². The molecule has 1 aromatic heterocycles. The summed E-state index contributed by atoms with van der Waals surface area (Å²) >= 11 is 3.43. The highest BCUT2D eigenvalue weighted by molar-refractivity contribution is 9.10. The number of hydrogen-bond acceptors (Lipinski definition) is 5. The molecule has 0 bridgehead atoms. The van der Waals surface area contributed by atoms with Crippen molar-refractivity contribution in [3.63, 3.8) is 0 Å². The Morgan fingerprint density at radius 3 is 2.59 bits per heavy atom. The molecule has 0 radical (unpaired) electrons. The number of esters is 1. The van der Waals surface area contributed by atoms with Crippen molar-refractivity contribution < 1.29 is 19.1 Å². The first-order chi connectivity index (χ1) is 16.6. The van der Waals surface area contributed by atoms with Crippen molar-refractivity contribution in [3.05, 3.63) is 100 Å². The normalized spacial score (nSPS) is 10.6. The number of para-hydroxylation sites is 2. The van der Waals surface area contributed by atoms with E-state index in [2.05, 4.69) is 22.0 Å². The minimum absolute atomic E-state index is 0.252. The average Bonchev–Trinajstić information content (AvgIpc) is 3.23. The zero-order valence-electron chi connectivity index (χ0n) is 18.2. The molecule has 0 saturated carbocycles. The number of ether oxygens (including phenoxy) is 2. The highest BCUT2D eigenvalue weighted by Crippen LogP contribution is 2.24. The van der Waals surface area contributed by atoms with E-state index in [9.17, 15) is 9.59 Å². The molecular formula is C27H21BrN2O4. The molecule has 0 unspecified atom stereocenters. The SMILES string of the molecule is N#CCCn1cc(C(=O)COC(=O)c2ccccc2OCc2cccc(Br)c2)c2ccccc21. The van der Waals surface area contributed by atoms with E-state index in [0.29, 0.717) is 24.3 Å². The lowest BCUT2D eigenvalue weighted by Crippen LogP contribution is -2.15. The van der Waals surface area contributed by atoms with E-state index >= 15 is 0 Å². The van der Waals surface area contributed by atoms with E-state index in [1.54, 1.807) is 30.5 Å². The number of benzene rings is 3. The molecule has 1 heterocycles. The second-order valence-electron chi connectivity index (χ2n) is 7.58. The second-order valence-corrected chi connectivity index (χ2v) is 8.49. The first-order valence-electron chi connectivity index (χ1n) is 10.7. The van der Waals surface area contributed by atoms with Crippen LogP contribution in [0.2, 0.25) is 0 Å². The Bertz CT molecular complexity index is 1390. The van der Waals surface area contributed by atoms with Gasteiger partial charge in [-0.05, 0) is 35.9 Å². The Balaban J connectivity index is 1.45. The number of aryl methyl sites for hydroxylation is 1. The maximum atomic E-state index is 12.9. The largest absolute Gasteiger partial charge is 0.488 e. The van der Waals surface area contributed by atoms with E-state index in [4.69, 9.17) is 14.7 Å². The fourth-order valence-electron chi connectivity index (χ4n) is 3.66. The van der Waals surface area contributed by atoms with Gasteiger partial charge < -0.3 is 14.0 Å². The molecule has 0 N–H and O–H groups in total. The predicted octanol–water partition coefficient (Wildman–Crippen LogP) is 5.94. The van der Waals surface area contributed by atoms with Gasteiger partial charge in [0.25, 0.3) is 0 Å². The first kappa shape index (κ1) is 23.3. The Kier molecular flexibility index (Phi) is 7.41. The molecule has 34 heavy (non-hydrogen) atoms. The van der Waals surface area contributed by atoms with Crippen molar-refractivity contribution >= 4 is 38.6 Å². The Morgan fingerprint density at radius 1 is 0.971 bits per heavy atom. The monoisotopic (exact) mass is 516 g/mol. The van der Waals surface area contributed by atoms with Crippen molar-refractivity contribution in [3.8, 4) is 11.8 Å². The van der Waals surface area contributed by atoms with Crippen LogP contribution in [0.1, 0.15) is 32.7 Å². The fourth-order valence-corrected chi connectivity index (χ4v) is 4.11. The number of nitriles is 1. The van der Waals surface area contributed by atoms with Crippen LogP contribution >= 0.6 is 15.9 Å². The Hall–Kier alpha value is -3.89. The van der Waals surface area contributed by atoms with Gasteiger partial charge in [-0.2, -0.15) is 5.26 Å². The minimum atomic E-state index is -0.633. The number of aromatic nitrogens is 1. The summed E-state index contributed by atoms with van der Waals surface area (Å²) in [5.74, 6) is -0.563. The third-order valence-corrected chi connectivity index (χ3v) is 5.77. The van der Waals surface area contributed by atoms with Crippen LogP contribution in [0.15, 0.2) is 83.5 Å². The summed E-state index contributed by atoms with van der Waals surface area (Å²) in [7, 11) is 0. The molecule has 0 amide bonds. The summed E-state index contributed by atoms with van der Waals surface area (Å²) in [5.41, 5.74) is 2.52. The van der Waals surface area contributed by atoms with E-state index in [0.717, 1.165) is 20.9 Å². The van der Waals surface area contributed by atoms with Crippen LogP contribution < -0.4 is 4.74 Å². The van der Waals surface area contributed by atoms with E-state index in [1.165, 1.54) is 0 Å². The van der Waals surface area contributed by atoms with Crippen LogP contribution in [0.3, 0.4) is 0 Å². The number of halogens is 1. The highest BCUT2D eigenvalue weighted by atomic mass is 79.9.